The van der Waals surface area contributed by atoms with Crippen molar-refractivity contribution in [2.75, 3.05) is 20.6 Å². The van der Waals surface area contributed by atoms with Crippen molar-refractivity contribution in [2.45, 2.75) is 0 Å². The molecule has 1 aromatic heterocycles. The van der Waals surface area contributed by atoms with E-state index in [1.54, 1.807) is 0 Å². The van der Waals surface area contributed by atoms with Gasteiger partial charge in [-0.15, -0.1) is 0 Å². The van der Waals surface area contributed by atoms with Crippen molar-refractivity contribution >= 4 is 16.7 Å². The number of carbonyl (C=O) groups is 1. The third kappa shape index (κ3) is 1.86. The summed E-state index contributed by atoms with van der Waals surface area (Å²) in [5, 5.41) is 1.04. The van der Waals surface area contributed by atoms with Crippen LogP contribution in [0.4, 0.5) is 0 Å². The molecule has 2 aromatic rings. The van der Waals surface area contributed by atoms with Gasteiger partial charge < -0.3 is 9.47 Å². The molecule has 3 heteroatoms. The third-order valence-corrected chi connectivity index (χ3v) is 2.66. The van der Waals surface area contributed by atoms with Crippen molar-refractivity contribution in [3.8, 4) is 0 Å². The average molecular weight is 216 g/mol. The Morgan fingerprint density at radius 1 is 1.31 bits per heavy atom. The summed E-state index contributed by atoms with van der Waals surface area (Å²) in [7, 11) is 5.78. The number of likely N-dealkylation sites (N-methyl/N-ethyl adjacent to an activating group) is 1. The van der Waals surface area contributed by atoms with Gasteiger partial charge in [0.2, 0.25) is 0 Å². The average Bonchev–Trinajstić information content (AvgIpc) is 2.56. The fourth-order valence-electron chi connectivity index (χ4n) is 1.94. The molecule has 1 heterocycles. The van der Waals surface area contributed by atoms with Crippen LogP contribution in [0.3, 0.4) is 0 Å². The predicted molar refractivity (Wildman–Crippen MR) is 65.8 cm³/mol. The van der Waals surface area contributed by atoms with E-state index in [2.05, 4.69) is 0 Å². The Morgan fingerprint density at radius 2 is 2.00 bits per heavy atom. The number of rotatable bonds is 3. The van der Waals surface area contributed by atoms with Gasteiger partial charge in [-0.1, -0.05) is 18.2 Å². The maximum absolute atomic E-state index is 12.0. The Labute approximate surface area is 95.3 Å². The maximum Gasteiger partial charge on any atom is 0.178 e. The first-order valence-corrected chi connectivity index (χ1v) is 5.31. The lowest BCUT2D eigenvalue weighted by Crippen LogP contribution is -2.21. The summed E-state index contributed by atoms with van der Waals surface area (Å²) in [5.74, 6) is 0.168. The molecule has 1 aromatic carbocycles. The summed E-state index contributed by atoms with van der Waals surface area (Å²) in [6, 6.07) is 7.98. The first kappa shape index (κ1) is 10.9. The van der Waals surface area contributed by atoms with Crippen LogP contribution in [0.1, 0.15) is 10.4 Å². The Hall–Kier alpha value is -1.61. The molecule has 0 saturated heterocycles. The van der Waals surface area contributed by atoms with Gasteiger partial charge in [0.25, 0.3) is 0 Å². The maximum atomic E-state index is 12.0. The molecule has 0 aliphatic heterocycles. The van der Waals surface area contributed by atoms with E-state index in [-0.39, 0.29) is 5.78 Å². The lowest BCUT2D eigenvalue weighted by Gasteiger charge is -2.07. The molecule has 3 nitrogen and oxygen atoms in total. The molecular weight excluding hydrogens is 200 g/mol. The van der Waals surface area contributed by atoms with E-state index < -0.39 is 0 Å². The number of benzene rings is 1. The van der Waals surface area contributed by atoms with Crippen molar-refractivity contribution in [2.24, 2.45) is 7.05 Å². The van der Waals surface area contributed by atoms with Crippen molar-refractivity contribution in [3.63, 3.8) is 0 Å². The fraction of sp³-hybridized carbons (Fsp3) is 0.308. The van der Waals surface area contributed by atoms with E-state index in [4.69, 9.17) is 0 Å². The minimum absolute atomic E-state index is 0.168. The Morgan fingerprint density at radius 3 is 2.69 bits per heavy atom. The monoisotopic (exact) mass is 216 g/mol. The summed E-state index contributed by atoms with van der Waals surface area (Å²) in [5.41, 5.74) is 1.91. The van der Waals surface area contributed by atoms with Gasteiger partial charge in [-0.3, -0.25) is 4.79 Å². The number of hydrogen-bond acceptors (Lipinski definition) is 2. The molecule has 0 unspecified atom stereocenters. The minimum atomic E-state index is 0.168. The topological polar surface area (TPSA) is 25.2 Å². The normalized spacial score (nSPS) is 11.2. The van der Waals surface area contributed by atoms with Crippen LogP contribution in [0.2, 0.25) is 0 Å². The number of Topliss-reactive ketones (excluding diaryl/α,β-unsaturated/α-hetero) is 1. The lowest BCUT2D eigenvalue weighted by atomic mass is 10.1. The summed E-state index contributed by atoms with van der Waals surface area (Å²) in [6.45, 7) is 0.452. The summed E-state index contributed by atoms with van der Waals surface area (Å²) < 4.78 is 2.00. The molecule has 0 N–H and O–H groups in total. The number of aromatic nitrogens is 1. The molecule has 0 bridgehead atoms. The van der Waals surface area contributed by atoms with Crippen LogP contribution >= 0.6 is 0 Å². The number of para-hydroxylation sites is 1. The molecule has 0 radical (unpaired) electrons. The van der Waals surface area contributed by atoms with Crippen LogP contribution in [0.5, 0.6) is 0 Å². The van der Waals surface area contributed by atoms with Gasteiger partial charge >= 0.3 is 0 Å². The molecule has 0 aliphatic carbocycles. The second-order valence-electron chi connectivity index (χ2n) is 4.33. The zero-order chi connectivity index (χ0) is 11.7. The molecule has 84 valence electrons. The largest absolute Gasteiger partial charge is 0.350 e. The molecule has 0 spiro atoms. The van der Waals surface area contributed by atoms with Crippen LogP contribution in [-0.2, 0) is 7.05 Å². The summed E-state index contributed by atoms with van der Waals surface area (Å²) in [4.78, 5) is 13.9. The van der Waals surface area contributed by atoms with E-state index in [9.17, 15) is 4.79 Å². The minimum Gasteiger partial charge on any atom is -0.350 e. The Kier molecular flexibility index (Phi) is 2.79. The highest BCUT2D eigenvalue weighted by molar-refractivity contribution is 6.08. The van der Waals surface area contributed by atoms with Gasteiger partial charge in [0.05, 0.1) is 6.54 Å². The van der Waals surface area contributed by atoms with Crippen LogP contribution < -0.4 is 0 Å². The molecule has 0 fully saturated rings. The van der Waals surface area contributed by atoms with Gasteiger partial charge in [-0.25, -0.2) is 0 Å². The van der Waals surface area contributed by atoms with E-state index in [1.165, 1.54) is 0 Å². The Bertz CT molecular complexity index is 526. The predicted octanol–water partition coefficient (Wildman–Crippen LogP) is 1.92. The fourth-order valence-corrected chi connectivity index (χ4v) is 1.94. The van der Waals surface area contributed by atoms with Crippen LogP contribution in [0.15, 0.2) is 30.5 Å². The molecule has 0 atom stereocenters. The van der Waals surface area contributed by atoms with E-state index in [0.29, 0.717) is 6.54 Å². The molecule has 0 aliphatic rings. The quantitative estimate of drug-likeness (QED) is 0.732. The number of hydrogen-bond donors (Lipinski definition) is 0. The van der Waals surface area contributed by atoms with Crippen molar-refractivity contribution < 1.29 is 4.79 Å². The first-order chi connectivity index (χ1) is 7.59. The van der Waals surface area contributed by atoms with Crippen LogP contribution in [0.25, 0.3) is 10.9 Å². The molecule has 0 saturated carbocycles. The van der Waals surface area contributed by atoms with Gasteiger partial charge in [0, 0.05) is 29.7 Å². The number of fused-ring (bicyclic) bond motifs is 1. The summed E-state index contributed by atoms with van der Waals surface area (Å²) >= 11 is 0. The van der Waals surface area contributed by atoms with E-state index in [0.717, 1.165) is 16.5 Å². The molecular formula is C13H16N2O. The SMILES string of the molecule is CN(C)CC(=O)c1cn(C)c2ccccc12. The standard InChI is InChI=1S/C13H16N2O/c1-14(2)9-13(16)11-8-15(3)12-7-5-4-6-10(11)12/h4-8H,9H2,1-3H3. The van der Waals surface area contributed by atoms with Gasteiger partial charge in [-0.2, -0.15) is 0 Å². The highest BCUT2D eigenvalue weighted by Crippen LogP contribution is 2.20. The number of ketones is 1. The highest BCUT2D eigenvalue weighted by atomic mass is 16.1. The van der Waals surface area contributed by atoms with Gasteiger partial charge in [0.1, 0.15) is 0 Å². The number of nitrogens with zero attached hydrogens (tertiary/aromatic N) is 2. The molecule has 2 rings (SSSR count). The molecule has 0 amide bonds. The van der Waals surface area contributed by atoms with Crippen molar-refractivity contribution in [1.29, 1.82) is 0 Å². The van der Waals surface area contributed by atoms with Crippen LogP contribution in [0, 0.1) is 0 Å². The van der Waals surface area contributed by atoms with E-state index in [1.807, 2.05) is 61.1 Å². The van der Waals surface area contributed by atoms with E-state index >= 15 is 0 Å². The number of aryl methyl sites for hydroxylation is 1. The van der Waals surface area contributed by atoms with Crippen molar-refractivity contribution in [3.05, 3.63) is 36.0 Å². The van der Waals surface area contributed by atoms with Crippen LogP contribution in [-0.4, -0.2) is 35.9 Å². The lowest BCUT2D eigenvalue weighted by molar-refractivity contribution is 0.0959. The highest BCUT2D eigenvalue weighted by Gasteiger charge is 2.13. The van der Waals surface area contributed by atoms with Crippen molar-refractivity contribution in [1.82, 2.24) is 9.47 Å². The summed E-state index contributed by atoms with van der Waals surface area (Å²) in [6.07, 6.45) is 1.91. The van der Waals surface area contributed by atoms with Gasteiger partial charge in [0.15, 0.2) is 5.78 Å². The second-order valence-corrected chi connectivity index (χ2v) is 4.33. The van der Waals surface area contributed by atoms with Gasteiger partial charge in [-0.05, 0) is 20.2 Å². The molecule has 16 heavy (non-hydrogen) atoms. The smallest absolute Gasteiger partial charge is 0.178 e. The first-order valence-electron chi connectivity index (χ1n) is 5.31. The zero-order valence-electron chi connectivity index (χ0n) is 9.90. The number of carbonyl (C=O) groups excluding carboxylic acids is 1. The second kappa shape index (κ2) is 4.10. The Balaban J connectivity index is 2.49. The third-order valence-electron chi connectivity index (χ3n) is 2.66. The zero-order valence-corrected chi connectivity index (χ0v) is 9.90.